The summed E-state index contributed by atoms with van der Waals surface area (Å²) in [4.78, 5) is 11.5. The normalized spacial score (nSPS) is 10.5. The maximum absolute atomic E-state index is 11.9. The summed E-state index contributed by atoms with van der Waals surface area (Å²) in [6.07, 6.45) is 1.20. The maximum atomic E-state index is 11.9. The Morgan fingerprint density at radius 3 is 2.44 bits per heavy atom. The number of Topliss-reactive ketones (excluding diaryl/α,β-unsaturated/α-hetero) is 1. The summed E-state index contributed by atoms with van der Waals surface area (Å²) in [5.41, 5.74) is 0.516. The van der Waals surface area contributed by atoms with E-state index in [0.717, 1.165) is 11.8 Å². The topological polar surface area (TPSA) is 26.3 Å². The van der Waals surface area contributed by atoms with Crippen LogP contribution < -0.4 is 4.74 Å². The molecule has 0 heterocycles. The first-order valence-electron chi connectivity index (χ1n) is 4.77. The molecule has 0 bridgehead atoms. The molecular formula is C11H11BrF2O2. The summed E-state index contributed by atoms with van der Waals surface area (Å²) >= 11 is 3.23. The largest absolute Gasteiger partial charge is 0.435 e. The lowest BCUT2D eigenvalue weighted by Crippen LogP contribution is -2.03. The highest BCUT2D eigenvalue weighted by Gasteiger charge is 2.07. The number of benzene rings is 1. The van der Waals surface area contributed by atoms with Gasteiger partial charge < -0.3 is 4.74 Å². The number of ether oxygens (including phenoxy) is 1. The maximum Gasteiger partial charge on any atom is 0.387 e. The molecule has 0 aliphatic rings. The molecule has 0 atom stereocenters. The molecule has 0 saturated heterocycles. The van der Waals surface area contributed by atoms with Gasteiger partial charge in [-0.1, -0.05) is 15.9 Å². The highest BCUT2D eigenvalue weighted by atomic mass is 79.9. The Labute approximate surface area is 101 Å². The van der Waals surface area contributed by atoms with Crippen molar-refractivity contribution in [3.05, 3.63) is 29.8 Å². The van der Waals surface area contributed by atoms with E-state index in [-0.39, 0.29) is 11.5 Å². The molecule has 0 radical (unpaired) electrons. The third kappa shape index (κ3) is 4.26. The molecule has 2 nitrogen and oxygen atoms in total. The highest BCUT2D eigenvalue weighted by molar-refractivity contribution is 9.09. The van der Waals surface area contributed by atoms with E-state index in [9.17, 15) is 13.6 Å². The quantitative estimate of drug-likeness (QED) is 0.591. The number of ketones is 1. The van der Waals surface area contributed by atoms with Gasteiger partial charge in [0.2, 0.25) is 0 Å². The average Bonchev–Trinajstić information content (AvgIpc) is 2.26. The Kier molecular flexibility index (Phi) is 5.38. The fraction of sp³-hybridized carbons (Fsp3) is 0.364. The second-order valence-corrected chi connectivity index (χ2v) is 3.91. The molecule has 16 heavy (non-hydrogen) atoms. The van der Waals surface area contributed by atoms with Crippen LogP contribution in [0.1, 0.15) is 23.2 Å². The Hall–Kier alpha value is -0.970. The summed E-state index contributed by atoms with van der Waals surface area (Å²) in [5, 5.41) is 0.769. The van der Waals surface area contributed by atoms with Crippen molar-refractivity contribution in [1.82, 2.24) is 0 Å². The van der Waals surface area contributed by atoms with Crippen LogP contribution in [0.25, 0.3) is 0 Å². The first-order chi connectivity index (χ1) is 7.63. The molecule has 1 aromatic carbocycles. The van der Waals surface area contributed by atoms with Gasteiger partial charge in [0.1, 0.15) is 5.75 Å². The van der Waals surface area contributed by atoms with E-state index >= 15 is 0 Å². The Morgan fingerprint density at radius 2 is 1.94 bits per heavy atom. The zero-order chi connectivity index (χ0) is 12.0. The predicted octanol–water partition coefficient (Wildman–Crippen LogP) is 3.65. The van der Waals surface area contributed by atoms with Crippen molar-refractivity contribution in [2.75, 3.05) is 5.33 Å². The minimum Gasteiger partial charge on any atom is -0.435 e. The fourth-order valence-electron chi connectivity index (χ4n) is 1.19. The van der Waals surface area contributed by atoms with Gasteiger partial charge >= 0.3 is 6.61 Å². The third-order valence-electron chi connectivity index (χ3n) is 1.94. The van der Waals surface area contributed by atoms with Crippen LogP contribution in [0.5, 0.6) is 5.75 Å². The van der Waals surface area contributed by atoms with Gasteiger partial charge in [0, 0.05) is 17.3 Å². The number of alkyl halides is 3. The molecule has 0 fully saturated rings. The molecule has 0 unspecified atom stereocenters. The van der Waals surface area contributed by atoms with E-state index in [1.54, 1.807) is 0 Å². The Morgan fingerprint density at radius 1 is 1.31 bits per heavy atom. The van der Waals surface area contributed by atoms with Crippen LogP contribution in [0.4, 0.5) is 8.78 Å². The first-order valence-corrected chi connectivity index (χ1v) is 5.89. The predicted molar refractivity (Wildman–Crippen MR) is 60.4 cm³/mol. The van der Waals surface area contributed by atoms with Crippen molar-refractivity contribution in [1.29, 1.82) is 0 Å². The molecule has 88 valence electrons. The van der Waals surface area contributed by atoms with E-state index in [4.69, 9.17) is 0 Å². The lowest BCUT2D eigenvalue weighted by Gasteiger charge is -2.05. The van der Waals surface area contributed by atoms with Gasteiger partial charge in [0.25, 0.3) is 0 Å². The lowest BCUT2D eigenvalue weighted by molar-refractivity contribution is -0.0498. The summed E-state index contributed by atoms with van der Waals surface area (Å²) in [6, 6.07) is 5.73. The van der Waals surface area contributed by atoms with Gasteiger partial charge in [-0.15, -0.1) is 0 Å². The van der Waals surface area contributed by atoms with Gasteiger partial charge in [-0.3, -0.25) is 4.79 Å². The molecule has 0 saturated carbocycles. The number of hydrogen-bond donors (Lipinski definition) is 0. The minimum atomic E-state index is -2.84. The highest BCUT2D eigenvalue weighted by Crippen LogP contribution is 2.16. The van der Waals surface area contributed by atoms with Crippen molar-refractivity contribution in [3.8, 4) is 5.75 Å². The van der Waals surface area contributed by atoms with Gasteiger partial charge in [0.15, 0.2) is 5.78 Å². The van der Waals surface area contributed by atoms with Gasteiger partial charge in [0.05, 0.1) is 0 Å². The molecule has 1 rings (SSSR count). The number of halogens is 3. The summed E-state index contributed by atoms with van der Waals surface area (Å²) in [7, 11) is 0. The van der Waals surface area contributed by atoms with E-state index < -0.39 is 6.61 Å². The van der Waals surface area contributed by atoms with E-state index in [1.807, 2.05) is 0 Å². The molecule has 0 spiro atoms. The van der Waals surface area contributed by atoms with Crippen LogP contribution in [0.3, 0.4) is 0 Å². The van der Waals surface area contributed by atoms with E-state index in [2.05, 4.69) is 20.7 Å². The first kappa shape index (κ1) is 13.1. The Balaban J connectivity index is 2.60. The molecule has 0 amide bonds. The average molecular weight is 293 g/mol. The van der Waals surface area contributed by atoms with Crippen LogP contribution in [0, 0.1) is 0 Å². The molecule has 0 aromatic heterocycles. The summed E-state index contributed by atoms with van der Waals surface area (Å²) < 4.78 is 27.9. The molecule has 0 aliphatic carbocycles. The standard InChI is InChI=1S/C11H11BrF2O2/c12-7-1-2-10(15)8-3-5-9(6-4-8)16-11(13)14/h3-6,11H,1-2,7H2. The summed E-state index contributed by atoms with van der Waals surface area (Å²) in [5.74, 6) is 0.0649. The van der Waals surface area contributed by atoms with E-state index in [1.165, 1.54) is 24.3 Å². The molecule has 0 N–H and O–H groups in total. The number of carbonyl (C=O) groups is 1. The van der Waals surface area contributed by atoms with Crippen molar-refractivity contribution in [2.45, 2.75) is 19.5 Å². The van der Waals surface area contributed by atoms with Crippen LogP contribution >= 0.6 is 15.9 Å². The van der Waals surface area contributed by atoms with Gasteiger partial charge in [-0.25, -0.2) is 0 Å². The molecule has 0 aliphatic heterocycles. The molecule has 5 heteroatoms. The monoisotopic (exact) mass is 292 g/mol. The van der Waals surface area contributed by atoms with Crippen LogP contribution in [-0.4, -0.2) is 17.7 Å². The zero-order valence-corrected chi connectivity index (χ0v) is 10.0. The SMILES string of the molecule is O=C(CCCBr)c1ccc(OC(F)F)cc1. The second-order valence-electron chi connectivity index (χ2n) is 3.12. The molecule has 1 aromatic rings. The van der Waals surface area contributed by atoms with Crippen molar-refractivity contribution < 1.29 is 18.3 Å². The Bertz CT molecular complexity index is 338. The summed E-state index contributed by atoms with van der Waals surface area (Å²) in [6.45, 7) is -2.84. The van der Waals surface area contributed by atoms with Crippen molar-refractivity contribution >= 4 is 21.7 Å². The number of hydrogen-bond acceptors (Lipinski definition) is 2. The lowest BCUT2D eigenvalue weighted by atomic mass is 10.1. The van der Waals surface area contributed by atoms with Gasteiger partial charge in [-0.05, 0) is 30.7 Å². The van der Waals surface area contributed by atoms with Crippen LogP contribution in [0.2, 0.25) is 0 Å². The minimum absolute atomic E-state index is 0.00282. The number of carbonyl (C=O) groups excluding carboxylic acids is 1. The smallest absolute Gasteiger partial charge is 0.387 e. The molecular weight excluding hydrogens is 282 g/mol. The van der Waals surface area contributed by atoms with Crippen LogP contribution in [0.15, 0.2) is 24.3 Å². The number of rotatable bonds is 6. The van der Waals surface area contributed by atoms with Crippen molar-refractivity contribution in [2.24, 2.45) is 0 Å². The fourth-order valence-corrected chi connectivity index (χ4v) is 1.47. The zero-order valence-electron chi connectivity index (χ0n) is 8.46. The van der Waals surface area contributed by atoms with Gasteiger partial charge in [-0.2, -0.15) is 8.78 Å². The van der Waals surface area contributed by atoms with Crippen LogP contribution in [-0.2, 0) is 0 Å². The third-order valence-corrected chi connectivity index (χ3v) is 2.50. The van der Waals surface area contributed by atoms with Crippen molar-refractivity contribution in [3.63, 3.8) is 0 Å². The second kappa shape index (κ2) is 6.58. The van der Waals surface area contributed by atoms with E-state index in [0.29, 0.717) is 12.0 Å².